The molecule has 0 saturated carbocycles. The Kier molecular flexibility index (Phi) is 3.10. The molecule has 0 fully saturated rings. The van der Waals surface area contributed by atoms with Crippen molar-refractivity contribution >= 4 is 0 Å². The molecule has 0 spiro atoms. The molecule has 0 atom stereocenters. The molecule has 2 N–H and O–H groups in total. The summed E-state index contributed by atoms with van der Waals surface area (Å²) in [6.45, 7) is 0.594. The molecule has 0 bridgehead atoms. The molecule has 2 rings (SSSR count). The fourth-order valence-corrected chi connectivity index (χ4v) is 1.65. The minimum absolute atomic E-state index is 0.594. The van der Waals surface area contributed by atoms with Gasteiger partial charge in [0.25, 0.3) is 0 Å². The van der Waals surface area contributed by atoms with Gasteiger partial charge in [-0.15, -0.1) is 0 Å². The molecular formula is C13H14N2. The van der Waals surface area contributed by atoms with Gasteiger partial charge >= 0.3 is 0 Å². The third-order valence-electron chi connectivity index (χ3n) is 2.46. The van der Waals surface area contributed by atoms with Gasteiger partial charge in [0.1, 0.15) is 0 Å². The number of pyridine rings is 1. The lowest BCUT2D eigenvalue weighted by Crippen LogP contribution is -2.01. The Hall–Kier alpha value is -1.67. The molecule has 0 radical (unpaired) electrons. The van der Waals surface area contributed by atoms with Crippen molar-refractivity contribution in [1.82, 2.24) is 4.98 Å². The summed E-state index contributed by atoms with van der Waals surface area (Å²) in [4.78, 5) is 4.11. The molecule has 0 aliphatic carbocycles. The Labute approximate surface area is 89.8 Å². The Balaban J connectivity index is 2.24. The Morgan fingerprint density at radius 2 is 1.80 bits per heavy atom. The molecule has 2 nitrogen and oxygen atoms in total. The SMILES string of the molecule is NCc1ccccc1Cc1cccnc1. The third kappa shape index (κ3) is 2.42. The molecule has 2 aromatic rings. The van der Waals surface area contributed by atoms with Crippen molar-refractivity contribution in [2.45, 2.75) is 13.0 Å². The highest BCUT2D eigenvalue weighted by atomic mass is 14.6. The topological polar surface area (TPSA) is 38.9 Å². The number of benzene rings is 1. The van der Waals surface area contributed by atoms with Crippen LogP contribution in [-0.4, -0.2) is 4.98 Å². The first-order valence-corrected chi connectivity index (χ1v) is 5.06. The largest absolute Gasteiger partial charge is 0.326 e. The van der Waals surface area contributed by atoms with Crippen LogP contribution in [-0.2, 0) is 13.0 Å². The molecule has 1 heterocycles. The van der Waals surface area contributed by atoms with E-state index in [0.717, 1.165) is 6.42 Å². The van der Waals surface area contributed by atoms with E-state index >= 15 is 0 Å². The van der Waals surface area contributed by atoms with Crippen molar-refractivity contribution in [3.8, 4) is 0 Å². The predicted octanol–water partition coefficient (Wildman–Crippen LogP) is 2.13. The highest BCUT2D eigenvalue weighted by Crippen LogP contribution is 2.12. The molecule has 76 valence electrons. The van der Waals surface area contributed by atoms with Gasteiger partial charge in [0, 0.05) is 18.9 Å². The number of hydrogen-bond acceptors (Lipinski definition) is 2. The van der Waals surface area contributed by atoms with E-state index in [1.807, 2.05) is 24.4 Å². The van der Waals surface area contributed by atoms with Crippen LogP contribution < -0.4 is 5.73 Å². The monoisotopic (exact) mass is 198 g/mol. The minimum Gasteiger partial charge on any atom is -0.326 e. The maximum atomic E-state index is 5.69. The van der Waals surface area contributed by atoms with Crippen LogP contribution in [0.4, 0.5) is 0 Å². The van der Waals surface area contributed by atoms with E-state index < -0.39 is 0 Å². The number of aromatic nitrogens is 1. The quantitative estimate of drug-likeness (QED) is 0.820. The minimum atomic E-state index is 0.594. The molecule has 1 aromatic heterocycles. The van der Waals surface area contributed by atoms with Crippen LogP contribution in [0.5, 0.6) is 0 Å². The van der Waals surface area contributed by atoms with Crippen molar-refractivity contribution in [3.63, 3.8) is 0 Å². The normalized spacial score (nSPS) is 10.2. The van der Waals surface area contributed by atoms with E-state index in [2.05, 4.69) is 23.2 Å². The lowest BCUT2D eigenvalue weighted by molar-refractivity contribution is 1.01. The summed E-state index contributed by atoms with van der Waals surface area (Å²) < 4.78 is 0. The van der Waals surface area contributed by atoms with Gasteiger partial charge in [-0.2, -0.15) is 0 Å². The van der Waals surface area contributed by atoms with Crippen LogP contribution in [0, 0.1) is 0 Å². The van der Waals surface area contributed by atoms with Crippen molar-refractivity contribution < 1.29 is 0 Å². The molecule has 0 amide bonds. The second-order valence-electron chi connectivity index (χ2n) is 3.51. The molecule has 0 aliphatic rings. The van der Waals surface area contributed by atoms with E-state index in [0.29, 0.717) is 6.54 Å². The van der Waals surface area contributed by atoms with Gasteiger partial charge in [-0.1, -0.05) is 30.3 Å². The summed E-state index contributed by atoms with van der Waals surface area (Å²) >= 11 is 0. The summed E-state index contributed by atoms with van der Waals surface area (Å²) in [6.07, 6.45) is 4.59. The average Bonchev–Trinajstić information content (AvgIpc) is 2.31. The first-order valence-electron chi connectivity index (χ1n) is 5.06. The second-order valence-corrected chi connectivity index (χ2v) is 3.51. The molecule has 1 aromatic carbocycles. The van der Waals surface area contributed by atoms with Crippen molar-refractivity contribution in [1.29, 1.82) is 0 Å². The summed E-state index contributed by atoms with van der Waals surface area (Å²) in [5, 5.41) is 0. The number of nitrogens with two attached hydrogens (primary N) is 1. The van der Waals surface area contributed by atoms with Crippen LogP contribution in [0.25, 0.3) is 0 Å². The number of rotatable bonds is 3. The molecule has 2 heteroatoms. The standard InChI is InChI=1S/C13H14N2/c14-9-13-6-2-1-5-12(13)8-11-4-3-7-15-10-11/h1-7,10H,8-9,14H2. The molecular weight excluding hydrogens is 184 g/mol. The Morgan fingerprint density at radius 3 is 2.47 bits per heavy atom. The van der Waals surface area contributed by atoms with Gasteiger partial charge < -0.3 is 5.73 Å². The number of nitrogens with zero attached hydrogens (tertiary/aromatic N) is 1. The van der Waals surface area contributed by atoms with Crippen molar-refractivity contribution in [3.05, 3.63) is 65.5 Å². The Morgan fingerprint density at radius 1 is 1.00 bits per heavy atom. The zero-order valence-corrected chi connectivity index (χ0v) is 8.56. The maximum Gasteiger partial charge on any atom is 0.0303 e. The zero-order chi connectivity index (χ0) is 10.5. The first kappa shape index (κ1) is 9.87. The second kappa shape index (κ2) is 4.71. The summed E-state index contributed by atoms with van der Waals surface area (Å²) in [5.74, 6) is 0. The van der Waals surface area contributed by atoms with Gasteiger partial charge in [0.05, 0.1) is 0 Å². The van der Waals surface area contributed by atoms with Crippen LogP contribution in [0.2, 0.25) is 0 Å². The van der Waals surface area contributed by atoms with Gasteiger partial charge in [0.15, 0.2) is 0 Å². The highest BCUT2D eigenvalue weighted by Gasteiger charge is 2.00. The fourth-order valence-electron chi connectivity index (χ4n) is 1.65. The van der Waals surface area contributed by atoms with Gasteiger partial charge in [-0.05, 0) is 29.2 Å². The fraction of sp³-hybridized carbons (Fsp3) is 0.154. The highest BCUT2D eigenvalue weighted by molar-refractivity contribution is 5.31. The van der Waals surface area contributed by atoms with E-state index in [-0.39, 0.29) is 0 Å². The first-order chi connectivity index (χ1) is 7.40. The van der Waals surface area contributed by atoms with Crippen LogP contribution in [0.15, 0.2) is 48.8 Å². The average molecular weight is 198 g/mol. The number of hydrogen-bond donors (Lipinski definition) is 1. The maximum absolute atomic E-state index is 5.69. The smallest absolute Gasteiger partial charge is 0.0303 e. The predicted molar refractivity (Wildman–Crippen MR) is 61.4 cm³/mol. The molecule has 15 heavy (non-hydrogen) atoms. The summed E-state index contributed by atoms with van der Waals surface area (Å²) in [5.41, 5.74) is 9.40. The van der Waals surface area contributed by atoms with Crippen LogP contribution >= 0.6 is 0 Å². The van der Waals surface area contributed by atoms with E-state index in [9.17, 15) is 0 Å². The molecule has 0 unspecified atom stereocenters. The van der Waals surface area contributed by atoms with E-state index in [1.54, 1.807) is 6.20 Å². The Bertz CT molecular complexity index is 424. The van der Waals surface area contributed by atoms with Crippen LogP contribution in [0.3, 0.4) is 0 Å². The summed E-state index contributed by atoms with van der Waals surface area (Å²) in [7, 11) is 0. The molecule has 0 aliphatic heterocycles. The van der Waals surface area contributed by atoms with E-state index in [4.69, 9.17) is 5.73 Å². The van der Waals surface area contributed by atoms with Crippen molar-refractivity contribution in [2.24, 2.45) is 5.73 Å². The van der Waals surface area contributed by atoms with Crippen molar-refractivity contribution in [2.75, 3.05) is 0 Å². The lowest BCUT2D eigenvalue weighted by atomic mass is 10.0. The summed E-state index contributed by atoms with van der Waals surface area (Å²) in [6, 6.07) is 12.3. The van der Waals surface area contributed by atoms with E-state index in [1.165, 1.54) is 16.7 Å². The molecule has 0 saturated heterocycles. The third-order valence-corrected chi connectivity index (χ3v) is 2.46. The van der Waals surface area contributed by atoms with Gasteiger partial charge in [0.2, 0.25) is 0 Å². The van der Waals surface area contributed by atoms with Gasteiger partial charge in [-0.3, -0.25) is 4.98 Å². The van der Waals surface area contributed by atoms with Crippen LogP contribution in [0.1, 0.15) is 16.7 Å². The zero-order valence-electron chi connectivity index (χ0n) is 8.56. The lowest BCUT2D eigenvalue weighted by Gasteiger charge is -2.06. The van der Waals surface area contributed by atoms with Gasteiger partial charge in [-0.25, -0.2) is 0 Å².